The molecule has 7 nitrogen and oxygen atoms in total. The summed E-state index contributed by atoms with van der Waals surface area (Å²) in [6.07, 6.45) is 2.30. The Morgan fingerprint density at radius 3 is 2.34 bits per heavy atom. The molecular weight excluding hydrogens is 515 g/mol. The molecule has 3 rings (SSSR count). The maximum absolute atomic E-state index is 12.7. The number of benzene rings is 1. The zero-order valence-corrected chi connectivity index (χ0v) is 22.3. The van der Waals surface area contributed by atoms with Crippen LogP contribution in [0.25, 0.3) is 0 Å². The first-order valence-electron chi connectivity index (χ1n) is 11.9. The molecule has 2 heterocycles. The van der Waals surface area contributed by atoms with Gasteiger partial charge < -0.3 is 20.0 Å². The number of aliphatic imine (C=N–C) groups is 1. The lowest BCUT2D eigenvalue weighted by atomic mass is 10.2. The summed E-state index contributed by atoms with van der Waals surface area (Å²) in [6.45, 7) is 13.2. The van der Waals surface area contributed by atoms with E-state index in [1.54, 1.807) is 0 Å². The molecule has 0 radical (unpaired) electrons. The molecule has 180 valence electrons. The van der Waals surface area contributed by atoms with Crippen LogP contribution < -0.4 is 5.32 Å². The van der Waals surface area contributed by atoms with E-state index >= 15 is 0 Å². The summed E-state index contributed by atoms with van der Waals surface area (Å²) in [5.74, 6) is 1.29. The smallest absolute Gasteiger partial charge is 0.239 e. The lowest BCUT2D eigenvalue weighted by molar-refractivity contribution is -0.135. The molecule has 0 aliphatic carbocycles. The minimum atomic E-state index is -0.0218. The van der Waals surface area contributed by atoms with Crippen molar-refractivity contribution in [2.75, 3.05) is 66.0 Å². The average Bonchev–Trinajstić information content (AvgIpc) is 3.33. The van der Waals surface area contributed by atoms with Gasteiger partial charge in [-0.2, -0.15) is 0 Å². The van der Waals surface area contributed by atoms with Crippen LogP contribution in [0.3, 0.4) is 0 Å². The maximum atomic E-state index is 12.7. The van der Waals surface area contributed by atoms with E-state index in [9.17, 15) is 4.79 Å². The van der Waals surface area contributed by atoms with Gasteiger partial charge in [0.05, 0.1) is 12.6 Å². The van der Waals surface area contributed by atoms with Crippen molar-refractivity contribution in [2.45, 2.75) is 39.3 Å². The van der Waals surface area contributed by atoms with Crippen molar-refractivity contribution in [1.82, 2.24) is 24.9 Å². The molecular formula is C24H41IN6O. The fraction of sp³-hybridized carbons (Fsp3) is 0.667. The zero-order chi connectivity index (χ0) is 22.1. The van der Waals surface area contributed by atoms with Gasteiger partial charge in [0.25, 0.3) is 0 Å². The highest BCUT2D eigenvalue weighted by Gasteiger charge is 2.30. The quantitative estimate of drug-likeness (QED) is 0.303. The number of carbonyl (C=O) groups is 1. The van der Waals surface area contributed by atoms with E-state index in [1.807, 2.05) is 4.90 Å². The molecule has 1 aromatic carbocycles. The van der Waals surface area contributed by atoms with E-state index in [0.717, 1.165) is 84.2 Å². The first-order valence-corrected chi connectivity index (χ1v) is 11.9. The van der Waals surface area contributed by atoms with Crippen LogP contribution >= 0.6 is 24.0 Å². The zero-order valence-electron chi connectivity index (χ0n) is 20.0. The summed E-state index contributed by atoms with van der Waals surface area (Å²) in [5, 5.41) is 3.45. The fourth-order valence-corrected chi connectivity index (χ4v) is 4.41. The number of nitrogens with one attached hydrogen (secondary N) is 1. The van der Waals surface area contributed by atoms with Gasteiger partial charge in [0.1, 0.15) is 0 Å². The molecule has 1 N–H and O–H groups in total. The molecule has 2 saturated heterocycles. The minimum absolute atomic E-state index is 0. The van der Waals surface area contributed by atoms with Gasteiger partial charge in [0.2, 0.25) is 5.91 Å². The van der Waals surface area contributed by atoms with Crippen LogP contribution in [0.4, 0.5) is 0 Å². The number of carbonyl (C=O) groups excluding carboxylic acids is 1. The van der Waals surface area contributed by atoms with Gasteiger partial charge in [0.15, 0.2) is 5.96 Å². The van der Waals surface area contributed by atoms with E-state index in [-0.39, 0.29) is 30.0 Å². The molecule has 32 heavy (non-hydrogen) atoms. The number of likely N-dealkylation sites (tertiary alicyclic amines) is 1. The van der Waals surface area contributed by atoms with Gasteiger partial charge in [-0.05, 0) is 39.3 Å². The molecule has 1 aromatic rings. The van der Waals surface area contributed by atoms with Crippen LogP contribution in [0, 0.1) is 0 Å². The number of hydrogen-bond donors (Lipinski definition) is 1. The van der Waals surface area contributed by atoms with E-state index in [4.69, 9.17) is 4.99 Å². The van der Waals surface area contributed by atoms with Crippen molar-refractivity contribution in [3.8, 4) is 0 Å². The van der Waals surface area contributed by atoms with Gasteiger partial charge in [-0.15, -0.1) is 24.0 Å². The molecule has 1 unspecified atom stereocenters. The number of guanidine groups is 1. The lowest BCUT2D eigenvalue weighted by Crippen LogP contribution is -2.57. The summed E-state index contributed by atoms with van der Waals surface area (Å²) in [7, 11) is 2.15. The van der Waals surface area contributed by atoms with Crippen molar-refractivity contribution in [2.24, 2.45) is 4.99 Å². The minimum Gasteiger partial charge on any atom is -0.357 e. The number of rotatable bonds is 8. The van der Waals surface area contributed by atoms with E-state index in [2.05, 4.69) is 71.2 Å². The van der Waals surface area contributed by atoms with Crippen molar-refractivity contribution >= 4 is 35.8 Å². The highest BCUT2D eigenvalue weighted by atomic mass is 127. The second kappa shape index (κ2) is 14.0. The Balaban J connectivity index is 0.00000363. The van der Waals surface area contributed by atoms with Gasteiger partial charge in [-0.3, -0.25) is 14.7 Å². The van der Waals surface area contributed by atoms with Crippen molar-refractivity contribution in [3.63, 3.8) is 0 Å². The molecule has 0 bridgehead atoms. The number of amides is 1. The van der Waals surface area contributed by atoms with Gasteiger partial charge in [-0.25, -0.2) is 0 Å². The van der Waals surface area contributed by atoms with Crippen molar-refractivity contribution < 1.29 is 4.79 Å². The highest BCUT2D eigenvalue weighted by molar-refractivity contribution is 14.0. The molecule has 2 aliphatic heterocycles. The summed E-state index contributed by atoms with van der Waals surface area (Å²) >= 11 is 0. The molecule has 2 aliphatic rings. The Hall–Kier alpha value is -1.39. The first-order chi connectivity index (χ1) is 15.1. The second-order valence-electron chi connectivity index (χ2n) is 8.69. The Bertz CT molecular complexity index is 702. The first kappa shape index (κ1) is 26.9. The van der Waals surface area contributed by atoms with E-state index in [0.29, 0.717) is 5.91 Å². The largest absolute Gasteiger partial charge is 0.357 e. The van der Waals surface area contributed by atoms with Crippen LogP contribution in [0.5, 0.6) is 0 Å². The number of nitrogens with zero attached hydrogens (tertiary/aromatic N) is 5. The number of hydrogen-bond acceptors (Lipinski definition) is 4. The number of likely N-dealkylation sites (N-methyl/N-ethyl adjacent to an activating group) is 1. The molecule has 1 atom stereocenters. The van der Waals surface area contributed by atoms with Crippen LogP contribution in [0.2, 0.25) is 0 Å². The predicted octanol–water partition coefficient (Wildman–Crippen LogP) is 2.33. The molecule has 1 amide bonds. The van der Waals surface area contributed by atoms with Gasteiger partial charge >= 0.3 is 0 Å². The number of piperazine rings is 1. The van der Waals surface area contributed by atoms with Crippen LogP contribution in [-0.4, -0.2) is 103 Å². The Morgan fingerprint density at radius 1 is 1.06 bits per heavy atom. The molecule has 0 spiro atoms. The second-order valence-corrected chi connectivity index (χ2v) is 8.69. The Morgan fingerprint density at radius 2 is 1.72 bits per heavy atom. The summed E-state index contributed by atoms with van der Waals surface area (Å²) < 4.78 is 0. The summed E-state index contributed by atoms with van der Waals surface area (Å²) in [6, 6.07) is 10.5. The predicted molar refractivity (Wildman–Crippen MR) is 143 cm³/mol. The molecule has 0 aromatic heterocycles. The van der Waals surface area contributed by atoms with E-state index in [1.165, 1.54) is 5.56 Å². The van der Waals surface area contributed by atoms with Crippen LogP contribution in [-0.2, 0) is 11.3 Å². The van der Waals surface area contributed by atoms with Crippen LogP contribution in [0.15, 0.2) is 35.3 Å². The third kappa shape index (κ3) is 7.88. The monoisotopic (exact) mass is 556 g/mol. The average molecular weight is 557 g/mol. The molecule has 2 fully saturated rings. The lowest BCUT2D eigenvalue weighted by Gasteiger charge is -2.39. The summed E-state index contributed by atoms with van der Waals surface area (Å²) in [5.41, 5.74) is 1.33. The SMILES string of the molecule is CCNC(=NCCN(C)Cc1ccccc1)N1CCN(C(C)C(=O)N2CCCC2)CC1.I. The molecule has 0 saturated carbocycles. The summed E-state index contributed by atoms with van der Waals surface area (Å²) in [4.78, 5) is 26.6. The fourth-order valence-electron chi connectivity index (χ4n) is 4.41. The van der Waals surface area contributed by atoms with Crippen LogP contribution in [0.1, 0.15) is 32.3 Å². The standard InChI is InChI=1S/C24H40N6O.HI/c1-4-25-24(26-12-15-27(3)20-22-10-6-5-7-11-22)30-18-16-28(17-19-30)21(2)23(31)29-13-8-9-14-29;/h5-7,10-11,21H,4,8-9,12-20H2,1-3H3,(H,25,26);1H. The van der Waals surface area contributed by atoms with E-state index < -0.39 is 0 Å². The maximum Gasteiger partial charge on any atom is 0.239 e. The van der Waals surface area contributed by atoms with Crippen molar-refractivity contribution in [3.05, 3.63) is 35.9 Å². The normalized spacial score (nSPS) is 18.6. The number of halogens is 1. The Kier molecular flexibility index (Phi) is 11.7. The van der Waals surface area contributed by atoms with Gasteiger partial charge in [0, 0.05) is 58.9 Å². The Labute approximate surface area is 211 Å². The third-order valence-electron chi connectivity index (χ3n) is 6.31. The third-order valence-corrected chi connectivity index (χ3v) is 6.31. The van der Waals surface area contributed by atoms with Gasteiger partial charge in [-0.1, -0.05) is 30.3 Å². The topological polar surface area (TPSA) is 54.4 Å². The highest BCUT2D eigenvalue weighted by Crippen LogP contribution is 2.14. The molecule has 8 heteroatoms. The van der Waals surface area contributed by atoms with Crippen molar-refractivity contribution in [1.29, 1.82) is 0 Å².